The Morgan fingerprint density at radius 2 is 2.24 bits per heavy atom. The minimum atomic E-state index is 0.815. The van der Waals surface area contributed by atoms with E-state index in [0.717, 1.165) is 31.3 Å². The van der Waals surface area contributed by atoms with Crippen molar-refractivity contribution in [2.45, 2.75) is 45.6 Å². The Bertz CT molecular complexity index is 253. The SMILES string of the molecule is CCCC(CCN)CCCNCc1ccco1. The summed E-state index contributed by atoms with van der Waals surface area (Å²) in [4.78, 5) is 0. The van der Waals surface area contributed by atoms with Crippen LogP contribution in [0, 0.1) is 5.92 Å². The molecule has 0 aromatic carbocycles. The van der Waals surface area contributed by atoms with Gasteiger partial charge in [0, 0.05) is 0 Å². The maximum absolute atomic E-state index is 5.63. The molecule has 0 aliphatic carbocycles. The van der Waals surface area contributed by atoms with Gasteiger partial charge >= 0.3 is 0 Å². The van der Waals surface area contributed by atoms with Gasteiger partial charge in [-0.25, -0.2) is 0 Å². The van der Waals surface area contributed by atoms with Gasteiger partial charge in [0.25, 0.3) is 0 Å². The molecule has 3 heteroatoms. The molecule has 0 fully saturated rings. The second-order valence-corrected chi connectivity index (χ2v) is 4.63. The smallest absolute Gasteiger partial charge is 0.117 e. The maximum atomic E-state index is 5.63. The van der Waals surface area contributed by atoms with E-state index in [9.17, 15) is 0 Å². The molecule has 1 heterocycles. The van der Waals surface area contributed by atoms with Gasteiger partial charge < -0.3 is 15.5 Å². The lowest BCUT2D eigenvalue weighted by molar-refractivity contribution is 0.399. The van der Waals surface area contributed by atoms with E-state index in [4.69, 9.17) is 10.2 Å². The number of rotatable bonds is 10. The van der Waals surface area contributed by atoms with Gasteiger partial charge in [0.05, 0.1) is 12.8 Å². The Morgan fingerprint density at radius 3 is 2.88 bits per heavy atom. The van der Waals surface area contributed by atoms with Crippen molar-refractivity contribution in [2.75, 3.05) is 13.1 Å². The van der Waals surface area contributed by atoms with E-state index < -0.39 is 0 Å². The van der Waals surface area contributed by atoms with Gasteiger partial charge in [-0.05, 0) is 50.4 Å². The molecule has 0 saturated carbocycles. The number of hydrogen-bond donors (Lipinski definition) is 2. The Hall–Kier alpha value is -0.800. The average molecular weight is 238 g/mol. The monoisotopic (exact) mass is 238 g/mol. The van der Waals surface area contributed by atoms with E-state index >= 15 is 0 Å². The lowest BCUT2D eigenvalue weighted by Gasteiger charge is -2.14. The van der Waals surface area contributed by atoms with Crippen molar-refractivity contribution in [1.82, 2.24) is 5.32 Å². The lowest BCUT2D eigenvalue weighted by Crippen LogP contribution is -2.16. The highest BCUT2D eigenvalue weighted by atomic mass is 16.3. The number of nitrogens with one attached hydrogen (secondary N) is 1. The summed E-state index contributed by atoms with van der Waals surface area (Å²) in [6, 6.07) is 3.93. The van der Waals surface area contributed by atoms with Crippen molar-refractivity contribution >= 4 is 0 Å². The maximum Gasteiger partial charge on any atom is 0.117 e. The number of nitrogens with two attached hydrogens (primary N) is 1. The van der Waals surface area contributed by atoms with Gasteiger partial charge in [-0.15, -0.1) is 0 Å². The van der Waals surface area contributed by atoms with Crippen LogP contribution in [0.15, 0.2) is 22.8 Å². The van der Waals surface area contributed by atoms with Crippen LogP contribution in [0.5, 0.6) is 0 Å². The molecule has 3 N–H and O–H groups in total. The van der Waals surface area contributed by atoms with Gasteiger partial charge in [-0.2, -0.15) is 0 Å². The Labute approximate surface area is 105 Å². The van der Waals surface area contributed by atoms with E-state index in [2.05, 4.69) is 12.2 Å². The Kier molecular flexibility index (Phi) is 7.76. The Balaban J connectivity index is 2.01. The van der Waals surface area contributed by atoms with Gasteiger partial charge in [-0.3, -0.25) is 0 Å². The molecule has 0 spiro atoms. The van der Waals surface area contributed by atoms with Crippen LogP contribution < -0.4 is 11.1 Å². The molecule has 1 unspecified atom stereocenters. The fourth-order valence-electron chi connectivity index (χ4n) is 2.22. The largest absolute Gasteiger partial charge is 0.468 e. The molecule has 1 rings (SSSR count). The molecule has 17 heavy (non-hydrogen) atoms. The van der Waals surface area contributed by atoms with Crippen LogP contribution in [0.4, 0.5) is 0 Å². The van der Waals surface area contributed by atoms with Crippen molar-refractivity contribution in [3.8, 4) is 0 Å². The van der Waals surface area contributed by atoms with Crippen LogP contribution in [-0.4, -0.2) is 13.1 Å². The lowest BCUT2D eigenvalue weighted by atomic mass is 9.94. The standard InChI is InChI=1S/C14H26N2O/c1-2-5-13(8-9-15)6-3-10-16-12-14-7-4-11-17-14/h4,7,11,13,16H,2-3,5-6,8-10,12,15H2,1H3. The average Bonchev–Trinajstić information content (AvgIpc) is 2.82. The molecule has 0 bridgehead atoms. The molecule has 98 valence electrons. The first-order valence-corrected chi connectivity index (χ1v) is 6.80. The summed E-state index contributed by atoms with van der Waals surface area (Å²) in [6.45, 7) is 4.97. The van der Waals surface area contributed by atoms with Crippen LogP contribution in [0.25, 0.3) is 0 Å². The third-order valence-electron chi connectivity index (χ3n) is 3.12. The predicted octanol–water partition coefficient (Wildman–Crippen LogP) is 2.91. The highest BCUT2D eigenvalue weighted by Gasteiger charge is 2.06. The predicted molar refractivity (Wildman–Crippen MR) is 71.7 cm³/mol. The molecule has 0 amide bonds. The van der Waals surface area contributed by atoms with E-state index in [0.29, 0.717) is 0 Å². The molecular formula is C14H26N2O. The molecule has 1 aromatic rings. The third kappa shape index (κ3) is 6.49. The molecule has 0 aliphatic rings. The summed E-state index contributed by atoms with van der Waals surface area (Å²) in [5, 5.41) is 3.40. The number of furan rings is 1. The minimum Gasteiger partial charge on any atom is -0.468 e. The summed E-state index contributed by atoms with van der Waals surface area (Å²) in [7, 11) is 0. The zero-order valence-electron chi connectivity index (χ0n) is 11.0. The zero-order chi connectivity index (χ0) is 12.3. The highest BCUT2D eigenvalue weighted by Crippen LogP contribution is 2.16. The van der Waals surface area contributed by atoms with E-state index in [1.165, 1.54) is 32.1 Å². The second kappa shape index (κ2) is 9.25. The van der Waals surface area contributed by atoms with Crippen molar-refractivity contribution < 1.29 is 4.42 Å². The van der Waals surface area contributed by atoms with Crippen LogP contribution >= 0.6 is 0 Å². The van der Waals surface area contributed by atoms with Crippen molar-refractivity contribution in [3.63, 3.8) is 0 Å². The molecule has 1 aromatic heterocycles. The fourth-order valence-corrected chi connectivity index (χ4v) is 2.22. The van der Waals surface area contributed by atoms with Crippen LogP contribution in [0.1, 0.15) is 44.8 Å². The van der Waals surface area contributed by atoms with Gasteiger partial charge in [-0.1, -0.05) is 19.8 Å². The highest BCUT2D eigenvalue weighted by molar-refractivity contribution is 4.97. The number of hydrogen-bond acceptors (Lipinski definition) is 3. The van der Waals surface area contributed by atoms with Crippen LogP contribution in [0.2, 0.25) is 0 Å². The van der Waals surface area contributed by atoms with Crippen LogP contribution in [-0.2, 0) is 6.54 Å². The summed E-state index contributed by atoms with van der Waals surface area (Å²) < 4.78 is 5.26. The molecule has 3 nitrogen and oxygen atoms in total. The fraction of sp³-hybridized carbons (Fsp3) is 0.714. The van der Waals surface area contributed by atoms with E-state index in [1.54, 1.807) is 6.26 Å². The topological polar surface area (TPSA) is 51.2 Å². The van der Waals surface area contributed by atoms with E-state index in [-0.39, 0.29) is 0 Å². The molecule has 0 saturated heterocycles. The van der Waals surface area contributed by atoms with Crippen LogP contribution in [0.3, 0.4) is 0 Å². The van der Waals surface area contributed by atoms with E-state index in [1.807, 2.05) is 12.1 Å². The van der Waals surface area contributed by atoms with Gasteiger partial charge in [0.2, 0.25) is 0 Å². The first kappa shape index (κ1) is 14.3. The van der Waals surface area contributed by atoms with Gasteiger partial charge in [0.1, 0.15) is 5.76 Å². The third-order valence-corrected chi connectivity index (χ3v) is 3.12. The molecule has 1 atom stereocenters. The minimum absolute atomic E-state index is 0.815. The quantitative estimate of drug-likeness (QED) is 0.616. The zero-order valence-corrected chi connectivity index (χ0v) is 11.0. The Morgan fingerprint density at radius 1 is 1.35 bits per heavy atom. The van der Waals surface area contributed by atoms with Crippen molar-refractivity contribution in [1.29, 1.82) is 0 Å². The van der Waals surface area contributed by atoms with Crippen molar-refractivity contribution in [2.24, 2.45) is 11.7 Å². The summed E-state index contributed by atoms with van der Waals surface area (Å²) >= 11 is 0. The van der Waals surface area contributed by atoms with Crippen molar-refractivity contribution in [3.05, 3.63) is 24.2 Å². The van der Waals surface area contributed by atoms with Gasteiger partial charge in [0.15, 0.2) is 0 Å². The molecule has 0 radical (unpaired) electrons. The summed E-state index contributed by atoms with van der Waals surface area (Å²) in [5.74, 6) is 1.83. The second-order valence-electron chi connectivity index (χ2n) is 4.63. The summed E-state index contributed by atoms with van der Waals surface area (Å²) in [6.07, 6.45) is 7.99. The normalized spacial score (nSPS) is 12.8. The summed E-state index contributed by atoms with van der Waals surface area (Å²) in [5.41, 5.74) is 5.63. The first-order chi connectivity index (χ1) is 8.36. The first-order valence-electron chi connectivity index (χ1n) is 6.80. The molecule has 0 aliphatic heterocycles. The molecular weight excluding hydrogens is 212 g/mol.